The average Bonchev–Trinajstić information content (AvgIpc) is 2.41. The van der Waals surface area contributed by atoms with Crippen molar-refractivity contribution in [2.75, 3.05) is 0 Å². The number of nitrogens with two attached hydrogens (primary N) is 2. The molecule has 104 valence electrons. The van der Waals surface area contributed by atoms with Crippen molar-refractivity contribution in [2.24, 2.45) is 11.5 Å². The van der Waals surface area contributed by atoms with Crippen molar-refractivity contribution in [3.8, 4) is 11.5 Å². The number of amides is 1. The Morgan fingerprint density at radius 1 is 1.15 bits per heavy atom. The van der Waals surface area contributed by atoms with Gasteiger partial charge in [-0.25, -0.2) is 0 Å². The van der Waals surface area contributed by atoms with Crippen molar-refractivity contribution in [3.05, 3.63) is 59.1 Å². The summed E-state index contributed by atoms with van der Waals surface area (Å²) in [5, 5.41) is 0.648. The zero-order valence-electron chi connectivity index (χ0n) is 10.8. The summed E-state index contributed by atoms with van der Waals surface area (Å²) in [4.78, 5) is 10.9. The van der Waals surface area contributed by atoms with Crippen LogP contribution in [0.25, 0.3) is 0 Å². The van der Waals surface area contributed by atoms with Gasteiger partial charge in [-0.05, 0) is 42.0 Å². The van der Waals surface area contributed by atoms with Gasteiger partial charge in [0.2, 0.25) is 5.91 Å². The van der Waals surface area contributed by atoms with Gasteiger partial charge in [0.05, 0.1) is 0 Å². The van der Waals surface area contributed by atoms with E-state index in [1.165, 1.54) is 0 Å². The molecule has 1 atom stereocenters. The molecular weight excluding hydrogens is 276 g/mol. The number of ether oxygens (including phenoxy) is 1. The fraction of sp³-hybridized carbons (Fsp3) is 0.133. The molecule has 0 aliphatic carbocycles. The Morgan fingerprint density at radius 2 is 1.85 bits per heavy atom. The Morgan fingerprint density at radius 3 is 2.50 bits per heavy atom. The Bertz CT molecular complexity index is 599. The third-order valence-electron chi connectivity index (χ3n) is 2.76. The predicted molar refractivity (Wildman–Crippen MR) is 78.7 cm³/mol. The molecular formula is C15H15ClN2O2. The largest absolute Gasteiger partial charge is 0.457 e. The van der Waals surface area contributed by atoms with Gasteiger partial charge in [0.15, 0.2) is 0 Å². The van der Waals surface area contributed by atoms with Crippen LogP contribution in [0.5, 0.6) is 11.5 Å². The zero-order valence-corrected chi connectivity index (χ0v) is 11.5. The Hall–Kier alpha value is -2.04. The van der Waals surface area contributed by atoms with E-state index in [-0.39, 0.29) is 6.42 Å². The van der Waals surface area contributed by atoms with Crippen LogP contribution in [0.1, 0.15) is 18.0 Å². The molecule has 0 aliphatic heterocycles. The summed E-state index contributed by atoms with van der Waals surface area (Å²) in [6.07, 6.45) is 0.102. The summed E-state index contributed by atoms with van der Waals surface area (Å²) >= 11 is 5.81. The van der Waals surface area contributed by atoms with Crippen LogP contribution in [0, 0.1) is 0 Å². The lowest BCUT2D eigenvalue weighted by atomic mass is 10.0. The molecule has 2 rings (SSSR count). The van der Waals surface area contributed by atoms with Crippen LogP contribution >= 0.6 is 11.6 Å². The number of carbonyl (C=O) groups is 1. The number of hydrogen-bond acceptors (Lipinski definition) is 3. The molecule has 0 bridgehead atoms. The predicted octanol–water partition coefficient (Wildman–Crippen LogP) is 3.01. The summed E-state index contributed by atoms with van der Waals surface area (Å²) in [5.41, 5.74) is 11.8. The van der Waals surface area contributed by atoms with Crippen molar-refractivity contribution < 1.29 is 9.53 Å². The van der Waals surface area contributed by atoms with Gasteiger partial charge in [0.1, 0.15) is 11.5 Å². The lowest BCUT2D eigenvalue weighted by molar-refractivity contribution is -0.118. The van der Waals surface area contributed by atoms with Gasteiger partial charge in [-0.3, -0.25) is 4.79 Å². The smallest absolute Gasteiger partial charge is 0.219 e. The Balaban J connectivity index is 2.13. The SMILES string of the molecule is NC(=O)CC(N)c1cccc(Oc2ccc(Cl)cc2)c1. The highest BCUT2D eigenvalue weighted by atomic mass is 35.5. The summed E-state index contributed by atoms with van der Waals surface area (Å²) < 4.78 is 5.70. The van der Waals surface area contributed by atoms with Gasteiger partial charge < -0.3 is 16.2 Å². The average molecular weight is 291 g/mol. The van der Waals surface area contributed by atoms with Gasteiger partial charge in [-0.1, -0.05) is 23.7 Å². The minimum absolute atomic E-state index is 0.102. The topological polar surface area (TPSA) is 78.3 Å². The molecule has 0 radical (unpaired) electrons. The van der Waals surface area contributed by atoms with Crippen LogP contribution in [0.2, 0.25) is 5.02 Å². The third-order valence-corrected chi connectivity index (χ3v) is 3.01. The summed E-state index contributed by atoms with van der Waals surface area (Å²) in [5.74, 6) is 0.890. The van der Waals surface area contributed by atoms with Gasteiger partial charge in [-0.2, -0.15) is 0 Å². The molecule has 4 nitrogen and oxygen atoms in total. The molecule has 5 heteroatoms. The van der Waals surface area contributed by atoms with Crippen LogP contribution in [0.4, 0.5) is 0 Å². The van der Waals surface area contributed by atoms with Crippen LogP contribution < -0.4 is 16.2 Å². The van der Waals surface area contributed by atoms with Crippen LogP contribution in [-0.4, -0.2) is 5.91 Å². The molecule has 1 unspecified atom stereocenters. The van der Waals surface area contributed by atoms with E-state index in [1.54, 1.807) is 30.3 Å². The number of benzene rings is 2. The molecule has 2 aromatic rings. The number of hydrogen-bond donors (Lipinski definition) is 2. The maximum atomic E-state index is 10.9. The van der Waals surface area contributed by atoms with Crippen molar-refractivity contribution in [1.82, 2.24) is 0 Å². The summed E-state index contributed by atoms with van der Waals surface area (Å²) in [6, 6.07) is 13.9. The van der Waals surface area contributed by atoms with Gasteiger partial charge in [0, 0.05) is 17.5 Å². The lowest BCUT2D eigenvalue weighted by Crippen LogP contribution is -2.20. The second-order valence-corrected chi connectivity index (χ2v) is 4.84. The van der Waals surface area contributed by atoms with Crippen LogP contribution in [-0.2, 0) is 4.79 Å². The fourth-order valence-corrected chi connectivity index (χ4v) is 1.91. The quantitative estimate of drug-likeness (QED) is 0.888. The first-order valence-corrected chi connectivity index (χ1v) is 6.49. The molecule has 2 aromatic carbocycles. The molecule has 0 saturated carbocycles. The molecule has 1 amide bonds. The standard InChI is InChI=1S/C15H15ClN2O2/c16-11-4-6-12(7-5-11)20-13-3-1-2-10(8-13)14(17)9-15(18)19/h1-8,14H,9,17H2,(H2,18,19). The number of carbonyl (C=O) groups excluding carboxylic acids is 1. The normalized spacial score (nSPS) is 11.9. The Labute approximate surface area is 122 Å². The molecule has 0 aliphatic rings. The minimum Gasteiger partial charge on any atom is -0.457 e. The molecule has 0 aromatic heterocycles. The first-order valence-electron chi connectivity index (χ1n) is 6.12. The molecule has 20 heavy (non-hydrogen) atoms. The van der Waals surface area contributed by atoms with E-state index in [0.717, 1.165) is 5.56 Å². The van der Waals surface area contributed by atoms with Gasteiger partial charge >= 0.3 is 0 Å². The van der Waals surface area contributed by atoms with E-state index in [0.29, 0.717) is 16.5 Å². The Kier molecular flexibility index (Phi) is 4.61. The zero-order chi connectivity index (χ0) is 14.5. The van der Waals surface area contributed by atoms with Crippen LogP contribution in [0.3, 0.4) is 0 Å². The van der Waals surface area contributed by atoms with Crippen LogP contribution in [0.15, 0.2) is 48.5 Å². The summed E-state index contributed by atoms with van der Waals surface area (Å²) in [6.45, 7) is 0. The van der Waals surface area contributed by atoms with Crippen molar-refractivity contribution >= 4 is 17.5 Å². The minimum atomic E-state index is -0.429. The summed E-state index contributed by atoms with van der Waals surface area (Å²) in [7, 11) is 0. The van der Waals surface area contributed by atoms with E-state index in [9.17, 15) is 4.79 Å². The van der Waals surface area contributed by atoms with Crippen molar-refractivity contribution in [3.63, 3.8) is 0 Å². The fourth-order valence-electron chi connectivity index (χ4n) is 1.78. The van der Waals surface area contributed by atoms with Crippen molar-refractivity contribution in [2.45, 2.75) is 12.5 Å². The highest BCUT2D eigenvalue weighted by Crippen LogP contribution is 2.25. The molecule has 0 saturated heterocycles. The second-order valence-electron chi connectivity index (χ2n) is 4.41. The number of halogens is 1. The maximum absolute atomic E-state index is 10.9. The molecule has 0 fully saturated rings. The van der Waals surface area contributed by atoms with E-state index >= 15 is 0 Å². The number of rotatable bonds is 5. The molecule has 0 spiro atoms. The first kappa shape index (κ1) is 14.4. The first-order chi connectivity index (χ1) is 9.54. The molecule has 4 N–H and O–H groups in total. The van der Waals surface area contributed by atoms with Crippen molar-refractivity contribution in [1.29, 1.82) is 0 Å². The lowest BCUT2D eigenvalue weighted by Gasteiger charge is -2.12. The maximum Gasteiger partial charge on any atom is 0.219 e. The van der Waals surface area contributed by atoms with E-state index in [2.05, 4.69) is 0 Å². The highest BCUT2D eigenvalue weighted by molar-refractivity contribution is 6.30. The van der Waals surface area contributed by atoms with E-state index in [1.807, 2.05) is 18.2 Å². The van der Waals surface area contributed by atoms with Gasteiger partial charge in [0.25, 0.3) is 0 Å². The second kappa shape index (κ2) is 6.41. The molecule has 0 heterocycles. The van der Waals surface area contributed by atoms with E-state index < -0.39 is 11.9 Å². The third kappa shape index (κ3) is 3.98. The number of primary amides is 1. The van der Waals surface area contributed by atoms with E-state index in [4.69, 9.17) is 27.8 Å². The monoisotopic (exact) mass is 290 g/mol. The van der Waals surface area contributed by atoms with Gasteiger partial charge in [-0.15, -0.1) is 0 Å². The highest BCUT2D eigenvalue weighted by Gasteiger charge is 2.10.